The van der Waals surface area contributed by atoms with Crippen LogP contribution in [0.15, 0.2) is 22.7 Å². The summed E-state index contributed by atoms with van der Waals surface area (Å²) in [4.78, 5) is 6.54. The smallest absolute Gasteiger partial charge is 0.324 e. The molecule has 1 aromatic carbocycles. The van der Waals surface area contributed by atoms with Crippen molar-refractivity contribution < 1.29 is 14.0 Å². The Morgan fingerprint density at radius 2 is 1.95 bits per heavy atom. The molecule has 20 heavy (non-hydrogen) atoms. The summed E-state index contributed by atoms with van der Waals surface area (Å²) in [5.41, 5.74) is 0.861. The number of fused-ring (bicyclic) bond motifs is 1. The van der Waals surface area contributed by atoms with Crippen molar-refractivity contribution in [3.8, 4) is 22.9 Å². The maximum Gasteiger partial charge on any atom is 0.324 e. The van der Waals surface area contributed by atoms with Gasteiger partial charge in [-0.05, 0) is 18.2 Å². The Morgan fingerprint density at radius 1 is 1.10 bits per heavy atom. The van der Waals surface area contributed by atoms with Gasteiger partial charge in [-0.3, -0.25) is 0 Å². The molecule has 0 bridgehead atoms. The normalized spacial score (nSPS) is 17.5. The number of rotatable bonds is 2. The van der Waals surface area contributed by atoms with Crippen molar-refractivity contribution in [3.05, 3.63) is 18.2 Å². The van der Waals surface area contributed by atoms with Crippen LogP contribution in [0.4, 0.5) is 6.01 Å². The van der Waals surface area contributed by atoms with Gasteiger partial charge in [-0.25, -0.2) is 0 Å². The fraction of sp³-hybridized carbons (Fsp3) is 0.385. The summed E-state index contributed by atoms with van der Waals surface area (Å²) < 4.78 is 16.0. The molecular formula is C13H14N4O3. The van der Waals surface area contributed by atoms with Crippen LogP contribution in [0.2, 0.25) is 0 Å². The van der Waals surface area contributed by atoms with Crippen LogP contribution in [0.25, 0.3) is 11.4 Å². The Morgan fingerprint density at radius 3 is 2.85 bits per heavy atom. The molecular weight excluding hydrogens is 260 g/mol. The van der Waals surface area contributed by atoms with Gasteiger partial charge in [-0.1, -0.05) is 5.16 Å². The molecule has 0 unspecified atom stereocenters. The molecule has 2 aromatic rings. The topological polar surface area (TPSA) is 72.7 Å². The number of ether oxygens (including phenoxy) is 2. The van der Waals surface area contributed by atoms with Crippen LogP contribution in [0.3, 0.4) is 0 Å². The van der Waals surface area contributed by atoms with Gasteiger partial charge < -0.3 is 24.2 Å². The minimum absolute atomic E-state index is 0.261. The molecule has 0 saturated carbocycles. The average Bonchev–Trinajstić information content (AvgIpc) is 3.16. The monoisotopic (exact) mass is 274 g/mol. The van der Waals surface area contributed by atoms with Crippen LogP contribution in [0, 0.1) is 0 Å². The van der Waals surface area contributed by atoms with E-state index in [1.54, 1.807) is 0 Å². The molecule has 0 spiro atoms. The van der Waals surface area contributed by atoms with Gasteiger partial charge in [-0.2, -0.15) is 4.98 Å². The number of benzene rings is 1. The predicted molar refractivity (Wildman–Crippen MR) is 70.9 cm³/mol. The molecule has 1 saturated heterocycles. The van der Waals surface area contributed by atoms with Crippen molar-refractivity contribution in [3.63, 3.8) is 0 Å². The number of hydrogen-bond acceptors (Lipinski definition) is 7. The molecule has 2 aliphatic heterocycles. The number of piperazine rings is 1. The zero-order chi connectivity index (χ0) is 13.4. The van der Waals surface area contributed by atoms with Gasteiger partial charge in [0, 0.05) is 31.7 Å². The zero-order valence-electron chi connectivity index (χ0n) is 10.8. The van der Waals surface area contributed by atoms with Crippen molar-refractivity contribution in [2.24, 2.45) is 0 Å². The van der Waals surface area contributed by atoms with E-state index in [9.17, 15) is 0 Å². The van der Waals surface area contributed by atoms with Gasteiger partial charge in [0.1, 0.15) is 0 Å². The minimum Gasteiger partial charge on any atom is -0.454 e. The van der Waals surface area contributed by atoms with Gasteiger partial charge in [0.2, 0.25) is 12.6 Å². The van der Waals surface area contributed by atoms with E-state index in [2.05, 4.69) is 20.4 Å². The van der Waals surface area contributed by atoms with Crippen LogP contribution in [-0.2, 0) is 0 Å². The third-order valence-corrected chi connectivity index (χ3v) is 3.43. The fourth-order valence-electron chi connectivity index (χ4n) is 2.35. The molecule has 7 nitrogen and oxygen atoms in total. The Balaban J connectivity index is 1.61. The van der Waals surface area contributed by atoms with Gasteiger partial charge in [0.15, 0.2) is 11.5 Å². The van der Waals surface area contributed by atoms with Crippen molar-refractivity contribution in [2.75, 3.05) is 37.9 Å². The summed E-state index contributed by atoms with van der Waals surface area (Å²) in [7, 11) is 0. The van der Waals surface area contributed by atoms with Crippen LogP contribution in [0.5, 0.6) is 11.5 Å². The maximum atomic E-state index is 5.36. The first-order valence-electron chi connectivity index (χ1n) is 6.59. The average molecular weight is 274 g/mol. The van der Waals surface area contributed by atoms with E-state index in [1.165, 1.54) is 0 Å². The molecule has 3 heterocycles. The van der Waals surface area contributed by atoms with Crippen LogP contribution < -0.4 is 19.7 Å². The lowest BCUT2D eigenvalue weighted by atomic mass is 10.2. The predicted octanol–water partition coefficient (Wildman–Crippen LogP) is 0.875. The quantitative estimate of drug-likeness (QED) is 0.871. The molecule has 0 aliphatic carbocycles. The van der Waals surface area contributed by atoms with E-state index >= 15 is 0 Å². The second kappa shape index (κ2) is 4.68. The lowest BCUT2D eigenvalue weighted by molar-refractivity contribution is 0.174. The summed E-state index contributed by atoms with van der Waals surface area (Å²) >= 11 is 0. The van der Waals surface area contributed by atoms with Crippen LogP contribution >= 0.6 is 0 Å². The molecule has 0 atom stereocenters. The number of aromatic nitrogens is 2. The third-order valence-electron chi connectivity index (χ3n) is 3.43. The molecule has 1 aromatic heterocycles. The summed E-state index contributed by atoms with van der Waals surface area (Å²) in [5, 5.41) is 7.33. The number of hydrogen-bond donors (Lipinski definition) is 1. The molecule has 104 valence electrons. The molecule has 1 N–H and O–H groups in total. The maximum absolute atomic E-state index is 5.36. The first-order chi connectivity index (χ1) is 9.90. The van der Waals surface area contributed by atoms with Crippen molar-refractivity contribution in [1.82, 2.24) is 15.5 Å². The summed E-state index contributed by atoms with van der Waals surface area (Å²) in [6.07, 6.45) is 0. The number of nitrogens with one attached hydrogen (secondary N) is 1. The van der Waals surface area contributed by atoms with Gasteiger partial charge in [0.25, 0.3) is 0 Å². The highest BCUT2D eigenvalue weighted by atomic mass is 16.7. The second-order valence-electron chi connectivity index (χ2n) is 4.71. The largest absolute Gasteiger partial charge is 0.454 e. The SMILES string of the molecule is c1cc2c(cc1-c1noc(N3CCNCC3)n1)OCO2. The molecule has 4 rings (SSSR count). The summed E-state index contributed by atoms with van der Waals surface area (Å²) in [6, 6.07) is 6.20. The Kier molecular flexibility index (Phi) is 2.70. The molecule has 0 amide bonds. The fourth-order valence-corrected chi connectivity index (χ4v) is 2.35. The highest BCUT2D eigenvalue weighted by Gasteiger charge is 2.19. The Hall–Kier alpha value is -2.28. The number of nitrogens with zero attached hydrogens (tertiary/aromatic N) is 3. The Bertz CT molecular complexity index is 622. The molecule has 0 radical (unpaired) electrons. The summed E-state index contributed by atoms with van der Waals surface area (Å²) in [6.45, 7) is 3.88. The van der Waals surface area contributed by atoms with E-state index < -0.39 is 0 Å². The lowest BCUT2D eigenvalue weighted by Crippen LogP contribution is -2.43. The zero-order valence-corrected chi connectivity index (χ0v) is 10.8. The molecule has 1 fully saturated rings. The lowest BCUT2D eigenvalue weighted by Gasteiger charge is -2.24. The first kappa shape index (κ1) is 11.5. The standard InChI is InChI=1S/C13H14N4O3/c1-2-10-11(19-8-18-10)7-9(1)12-15-13(20-16-12)17-5-3-14-4-6-17/h1-2,7,14H,3-6,8H2. The van der Waals surface area contributed by atoms with Crippen molar-refractivity contribution >= 4 is 6.01 Å². The van der Waals surface area contributed by atoms with Gasteiger partial charge in [0.05, 0.1) is 0 Å². The van der Waals surface area contributed by atoms with Gasteiger partial charge in [-0.15, -0.1) is 0 Å². The van der Waals surface area contributed by atoms with E-state index in [4.69, 9.17) is 14.0 Å². The van der Waals surface area contributed by atoms with E-state index in [0.717, 1.165) is 43.2 Å². The molecule has 2 aliphatic rings. The van der Waals surface area contributed by atoms with Crippen molar-refractivity contribution in [2.45, 2.75) is 0 Å². The minimum atomic E-state index is 0.261. The van der Waals surface area contributed by atoms with E-state index in [0.29, 0.717) is 11.8 Å². The Labute approximate surface area is 115 Å². The van der Waals surface area contributed by atoms with Crippen molar-refractivity contribution in [1.29, 1.82) is 0 Å². The molecule has 7 heteroatoms. The van der Waals surface area contributed by atoms with Gasteiger partial charge >= 0.3 is 6.01 Å². The van der Waals surface area contributed by atoms with Crippen LogP contribution in [0.1, 0.15) is 0 Å². The highest BCUT2D eigenvalue weighted by Crippen LogP contribution is 2.35. The first-order valence-corrected chi connectivity index (χ1v) is 6.59. The highest BCUT2D eigenvalue weighted by molar-refractivity contribution is 5.62. The summed E-state index contributed by atoms with van der Waals surface area (Å²) in [5.74, 6) is 2.03. The van der Waals surface area contributed by atoms with E-state index in [-0.39, 0.29) is 6.79 Å². The number of anilines is 1. The van der Waals surface area contributed by atoms with Crippen LogP contribution in [-0.4, -0.2) is 43.1 Å². The second-order valence-corrected chi connectivity index (χ2v) is 4.71. The third kappa shape index (κ3) is 1.96. The van der Waals surface area contributed by atoms with E-state index in [1.807, 2.05) is 18.2 Å².